The van der Waals surface area contributed by atoms with Crippen LogP contribution in [0.1, 0.15) is 29.6 Å². The molecule has 2 aromatic rings. The number of carbonyl (C=O) groups is 1. The predicted molar refractivity (Wildman–Crippen MR) is 77.5 cm³/mol. The Morgan fingerprint density at radius 2 is 1.84 bits per heavy atom. The van der Waals surface area contributed by atoms with Crippen LogP contribution >= 0.6 is 11.3 Å². The molecular formula is C17H16OS. The van der Waals surface area contributed by atoms with E-state index in [2.05, 4.69) is 23.6 Å². The summed E-state index contributed by atoms with van der Waals surface area (Å²) in [5.41, 5.74) is 0.999. The highest BCUT2D eigenvalue weighted by atomic mass is 32.1. The molecule has 1 aromatic carbocycles. The fraction of sp³-hybridized carbons (Fsp3) is 0.471. The first-order valence-corrected chi connectivity index (χ1v) is 8.23. The molecule has 4 unspecified atom stereocenters. The van der Waals surface area contributed by atoms with E-state index in [1.807, 2.05) is 6.07 Å². The van der Waals surface area contributed by atoms with E-state index in [9.17, 15) is 4.79 Å². The Morgan fingerprint density at radius 3 is 2.63 bits per heavy atom. The van der Waals surface area contributed by atoms with Crippen molar-refractivity contribution in [2.24, 2.45) is 29.6 Å². The van der Waals surface area contributed by atoms with Gasteiger partial charge in [-0.15, -0.1) is 11.3 Å². The largest absolute Gasteiger partial charge is 0.294 e. The molecule has 0 aliphatic heterocycles. The molecule has 5 rings (SSSR count). The second-order valence-corrected chi connectivity index (χ2v) is 7.43. The lowest BCUT2D eigenvalue weighted by Gasteiger charge is -2.07. The number of Topliss-reactive ketones (excluding diaryl/α,β-unsaturated/α-hetero) is 1. The van der Waals surface area contributed by atoms with Crippen molar-refractivity contribution in [3.63, 3.8) is 0 Å². The van der Waals surface area contributed by atoms with Crippen molar-refractivity contribution >= 4 is 27.2 Å². The zero-order chi connectivity index (χ0) is 12.6. The molecule has 0 N–H and O–H groups in total. The van der Waals surface area contributed by atoms with Gasteiger partial charge in [0.25, 0.3) is 0 Å². The van der Waals surface area contributed by atoms with E-state index in [4.69, 9.17) is 0 Å². The zero-order valence-electron chi connectivity index (χ0n) is 10.7. The van der Waals surface area contributed by atoms with Crippen molar-refractivity contribution in [3.8, 4) is 0 Å². The van der Waals surface area contributed by atoms with Crippen LogP contribution in [0.3, 0.4) is 0 Å². The van der Waals surface area contributed by atoms with Crippen LogP contribution in [0, 0.1) is 29.6 Å². The van der Waals surface area contributed by atoms with Crippen molar-refractivity contribution in [1.29, 1.82) is 0 Å². The van der Waals surface area contributed by atoms with Gasteiger partial charge in [-0.05, 0) is 49.0 Å². The zero-order valence-corrected chi connectivity index (χ0v) is 11.5. The number of fused-ring (bicyclic) bond motifs is 6. The molecule has 3 fully saturated rings. The molecule has 3 aliphatic carbocycles. The van der Waals surface area contributed by atoms with Crippen LogP contribution in [-0.2, 0) is 0 Å². The summed E-state index contributed by atoms with van der Waals surface area (Å²) in [5, 5.41) is 3.26. The SMILES string of the molecule is O=C(c1csc2ccccc12)C1C2C3CCC(C3)C12. The van der Waals surface area contributed by atoms with Crippen LogP contribution in [0.15, 0.2) is 29.6 Å². The molecule has 19 heavy (non-hydrogen) atoms. The van der Waals surface area contributed by atoms with Crippen molar-refractivity contribution in [1.82, 2.24) is 0 Å². The minimum atomic E-state index is 0.379. The molecule has 0 spiro atoms. The van der Waals surface area contributed by atoms with Gasteiger partial charge in [0.2, 0.25) is 0 Å². The van der Waals surface area contributed by atoms with Gasteiger partial charge in [0, 0.05) is 26.9 Å². The van der Waals surface area contributed by atoms with Gasteiger partial charge >= 0.3 is 0 Å². The smallest absolute Gasteiger partial charge is 0.168 e. The first-order chi connectivity index (χ1) is 9.34. The summed E-state index contributed by atoms with van der Waals surface area (Å²) in [6.07, 6.45) is 4.20. The van der Waals surface area contributed by atoms with Gasteiger partial charge in [-0.2, -0.15) is 0 Å². The van der Waals surface area contributed by atoms with Crippen LogP contribution < -0.4 is 0 Å². The number of ketones is 1. The predicted octanol–water partition coefficient (Wildman–Crippen LogP) is 4.38. The Kier molecular flexibility index (Phi) is 1.95. The summed E-state index contributed by atoms with van der Waals surface area (Å²) in [5.74, 6) is 4.10. The van der Waals surface area contributed by atoms with E-state index in [0.29, 0.717) is 11.7 Å². The van der Waals surface area contributed by atoms with E-state index in [1.165, 1.54) is 29.3 Å². The summed E-state index contributed by atoms with van der Waals surface area (Å²) >= 11 is 1.71. The third-order valence-corrected chi connectivity index (χ3v) is 6.75. The summed E-state index contributed by atoms with van der Waals surface area (Å²) in [4.78, 5) is 12.8. The van der Waals surface area contributed by atoms with Gasteiger partial charge in [-0.3, -0.25) is 4.79 Å². The fourth-order valence-corrected chi connectivity index (χ4v) is 5.97. The molecule has 0 radical (unpaired) electrons. The van der Waals surface area contributed by atoms with Gasteiger partial charge < -0.3 is 0 Å². The lowest BCUT2D eigenvalue weighted by Crippen LogP contribution is -2.09. The monoisotopic (exact) mass is 268 g/mol. The van der Waals surface area contributed by atoms with Crippen molar-refractivity contribution in [3.05, 3.63) is 35.2 Å². The third kappa shape index (κ3) is 1.28. The maximum atomic E-state index is 12.8. The molecule has 1 nitrogen and oxygen atoms in total. The van der Waals surface area contributed by atoms with Crippen LogP contribution in [0.5, 0.6) is 0 Å². The Bertz CT molecular complexity index is 669. The molecule has 3 saturated carbocycles. The van der Waals surface area contributed by atoms with Gasteiger partial charge in [-0.1, -0.05) is 18.2 Å². The van der Waals surface area contributed by atoms with Crippen LogP contribution in [0.4, 0.5) is 0 Å². The standard InChI is InChI=1S/C17H16OS/c18-17(12-8-19-13-4-2-1-3-11(12)13)16-14-9-5-6-10(7-9)15(14)16/h1-4,8-10,14-16H,5-7H2. The number of rotatable bonds is 2. The lowest BCUT2D eigenvalue weighted by molar-refractivity contribution is 0.0946. The maximum Gasteiger partial charge on any atom is 0.168 e. The van der Waals surface area contributed by atoms with E-state index >= 15 is 0 Å². The van der Waals surface area contributed by atoms with E-state index in [1.54, 1.807) is 11.3 Å². The molecule has 0 saturated heterocycles. The van der Waals surface area contributed by atoms with Crippen LogP contribution in [-0.4, -0.2) is 5.78 Å². The third-order valence-electron chi connectivity index (χ3n) is 5.78. The second kappa shape index (κ2) is 3.49. The summed E-state index contributed by atoms with van der Waals surface area (Å²) < 4.78 is 1.25. The number of benzene rings is 1. The van der Waals surface area contributed by atoms with Crippen molar-refractivity contribution in [2.45, 2.75) is 19.3 Å². The lowest BCUT2D eigenvalue weighted by atomic mass is 9.96. The van der Waals surface area contributed by atoms with Crippen LogP contribution in [0.2, 0.25) is 0 Å². The molecule has 0 amide bonds. The number of hydrogen-bond acceptors (Lipinski definition) is 2. The number of thiophene rings is 1. The Hall–Kier alpha value is -1.15. The highest BCUT2D eigenvalue weighted by Crippen LogP contribution is 2.70. The molecule has 96 valence electrons. The van der Waals surface area contributed by atoms with Gasteiger partial charge in [-0.25, -0.2) is 0 Å². The molecular weight excluding hydrogens is 252 g/mol. The number of carbonyl (C=O) groups excluding carboxylic acids is 1. The molecule has 4 atom stereocenters. The number of hydrogen-bond donors (Lipinski definition) is 0. The topological polar surface area (TPSA) is 17.1 Å². The Morgan fingerprint density at radius 1 is 1.11 bits per heavy atom. The average Bonchev–Trinajstić information content (AvgIpc) is 2.82. The van der Waals surface area contributed by atoms with Crippen molar-refractivity contribution < 1.29 is 4.79 Å². The Balaban J connectivity index is 1.53. The Labute approximate surface area is 116 Å². The van der Waals surface area contributed by atoms with Gasteiger partial charge in [0.1, 0.15) is 0 Å². The maximum absolute atomic E-state index is 12.8. The summed E-state index contributed by atoms with van der Waals surface area (Å²) in [7, 11) is 0. The molecule has 2 bridgehead atoms. The second-order valence-electron chi connectivity index (χ2n) is 6.52. The molecule has 1 aromatic heterocycles. The minimum absolute atomic E-state index is 0.379. The van der Waals surface area contributed by atoms with Crippen LogP contribution in [0.25, 0.3) is 10.1 Å². The molecule has 1 heterocycles. The minimum Gasteiger partial charge on any atom is -0.294 e. The first kappa shape index (κ1) is 10.6. The van der Waals surface area contributed by atoms with Gasteiger partial charge in [0.05, 0.1) is 0 Å². The highest BCUT2D eigenvalue weighted by molar-refractivity contribution is 7.17. The molecule has 3 aliphatic rings. The molecule has 2 heteroatoms. The quantitative estimate of drug-likeness (QED) is 0.739. The summed E-state index contributed by atoms with van der Waals surface area (Å²) in [6, 6.07) is 8.32. The fourth-order valence-electron chi connectivity index (χ4n) is 5.02. The van der Waals surface area contributed by atoms with E-state index in [-0.39, 0.29) is 0 Å². The van der Waals surface area contributed by atoms with Gasteiger partial charge in [0.15, 0.2) is 5.78 Å². The normalized spacial score (nSPS) is 38.6. The van der Waals surface area contributed by atoms with E-state index in [0.717, 1.165) is 29.2 Å². The average molecular weight is 268 g/mol. The first-order valence-electron chi connectivity index (χ1n) is 7.35. The highest BCUT2D eigenvalue weighted by Gasteiger charge is 2.67. The summed E-state index contributed by atoms with van der Waals surface area (Å²) in [6.45, 7) is 0. The van der Waals surface area contributed by atoms with E-state index < -0.39 is 0 Å². The van der Waals surface area contributed by atoms with Crippen molar-refractivity contribution in [2.75, 3.05) is 0 Å².